The first kappa shape index (κ1) is 6.39. The highest BCUT2D eigenvalue weighted by molar-refractivity contribution is 5.35. The molecular weight excluding hydrogens is 152 g/mol. The van der Waals surface area contributed by atoms with Crippen molar-refractivity contribution in [3.63, 3.8) is 0 Å². The van der Waals surface area contributed by atoms with Gasteiger partial charge in [-0.2, -0.15) is 0 Å². The van der Waals surface area contributed by atoms with Crippen LogP contribution >= 0.6 is 0 Å². The Morgan fingerprint density at radius 3 is 2.67 bits per heavy atom. The summed E-state index contributed by atoms with van der Waals surface area (Å²) in [7, 11) is 1.84. The third kappa shape index (κ3) is 0.391. The number of aliphatic hydroxyl groups is 1. The Morgan fingerprint density at radius 2 is 2.00 bits per heavy atom. The lowest BCUT2D eigenvalue weighted by Crippen LogP contribution is -2.30. The maximum Gasteiger partial charge on any atom is 0.0801 e. The Bertz CT molecular complexity index is 263. The van der Waals surface area contributed by atoms with Crippen LogP contribution in [0.3, 0.4) is 0 Å². The fourth-order valence-corrected chi connectivity index (χ4v) is 4.73. The van der Waals surface area contributed by atoms with Gasteiger partial charge in [0.2, 0.25) is 0 Å². The molecule has 0 amide bonds. The maximum absolute atomic E-state index is 9.83. The summed E-state index contributed by atoms with van der Waals surface area (Å²) in [5, 5.41) is 9.83. The lowest BCUT2D eigenvalue weighted by atomic mass is 9.95. The van der Waals surface area contributed by atoms with Gasteiger partial charge in [0.15, 0.2) is 0 Å². The van der Waals surface area contributed by atoms with Crippen LogP contribution in [0.4, 0.5) is 0 Å². The molecule has 0 aromatic carbocycles. The Kier molecular flexibility index (Phi) is 0.789. The van der Waals surface area contributed by atoms with E-state index in [2.05, 4.69) is 0 Å². The molecule has 4 fully saturated rings. The van der Waals surface area contributed by atoms with Crippen LogP contribution in [-0.2, 0) is 4.74 Å². The van der Waals surface area contributed by atoms with E-state index in [9.17, 15) is 5.11 Å². The number of hydrogen-bond donors (Lipinski definition) is 1. The normalized spacial score (nSPS) is 75.5. The van der Waals surface area contributed by atoms with E-state index in [1.165, 1.54) is 6.42 Å². The van der Waals surface area contributed by atoms with Crippen LogP contribution in [0.15, 0.2) is 0 Å². The van der Waals surface area contributed by atoms with Gasteiger partial charge in [-0.1, -0.05) is 0 Å². The third-order valence-electron chi connectivity index (χ3n) is 5.02. The molecule has 4 aliphatic rings. The number of fused-ring (bicyclic) bond motifs is 4. The Labute approximate surface area is 71.9 Å². The fourth-order valence-electron chi connectivity index (χ4n) is 4.73. The largest absolute Gasteiger partial charge is 0.393 e. The second-order valence-corrected chi connectivity index (χ2v) is 5.08. The molecule has 4 aliphatic carbocycles. The summed E-state index contributed by atoms with van der Waals surface area (Å²) in [6.45, 7) is 0. The monoisotopic (exact) mass is 166 g/mol. The van der Waals surface area contributed by atoms with Crippen LogP contribution in [0.1, 0.15) is 12.8 Å². The van der Waals surface area contributed by atoms with Crippen LogP contribution < -0.4 is 0 Å². The zero-order valence-electron chi connectivity index (χ0n) is 7.23. The molecule has 4 saturated carbocycles. The molecule has 0 radical (unpaired) electrons. The number of methoxy groups -OCH3 is 1. The number of ether oxygens (including phenoxy) is 1. The summed E-state index contributed by atoms with van der Waals surface area (Å²) < 4.78 is 5.67. The van der Waals surface area contributed by atoms with Gasteiger partial charge in [-0.05, 0) is 36.5 Å². The van der Waals surface area contributed by atoms with Gasteiger partial charge in [0.25, 0.3) is 0 Å². The van der Waals surface area contributed by atoms with Crippen molar-refractivity contribution in [3.8, 4) is 0 Å². The zero-order valence-corrected chi connectivity index (χ0v) is 7.23. The van der Waals surface area contributed by atoms with Gasteiger partial charge in [-0.15, -0.1) is 0 Å². The molecule has 0 heterocycles. The van der Waals surface area contributed by atoms with Crippen molar-refractivity contribution in [3.05, 3.63) is 0 Å². The van der Waals surface area contributed by atoms with E-state index in [1.54, 1.807) is 0 Å². The van der Waals surface area contributed by atoms with Crippen molar-refractivity contribution in [1.82, 2.24) is 0 Å². The Balaban J connectivity index is 1.83. The molecule has 0 saturated heterocycles. The molecule has 0 bridgehead atoms. The van der Waals surface area contributed by atoms with Gasteiger partial charge >= 0.3 is 0 Å². The predicted octanol–water partition coefficient (Wildman–Crippen LogP) is 0.648. The molecule has 12 heavy (non-hydrogen) atoms. The quantitative estimate of drug-likeness (QED) is 0.619. The lowest BCUT2D eigenvalue weighted by Gasteiger charge is -2.23. The van der Waals surface area contributed by atoms with Crippen molar-refractivity contribution in [2.45, 2.75) is 24.5 Å². The van der Waals surface area contributed by atoms with Crippen molar-refractivity contribution >= 4 is 0 Å². The molecule has 0 aromatic heterocycles. The molecule has 0 aliphatic heterocycles. The second kappa shape index (κ2) is 1.48. The Morgan fingerprint density at radius 1 is 1.25 bits per heavy atom. The van der Waals surface area contributed by atoms with Crippen LogP contribution in [0.2, 0.25) is 0 Å². The summed E-state index contributed by atoms with van der Waals surface area (Å²) in [6, 6.07) is 0. The van der Waals surface area contributed by atoms with Gasteiger partial charge in [0, 0.05) is 13.0 Å². The van der Waals surface area contributed by atoms with E-state index in [4.69, 9.17) is 4.74 Å². The van der Waals surface area contributed by atoms with E-state index in [0.29, 0.717) is 5.92 Å². The van der Waals surface area contributed by atoms with E-state index >= 15 is 0 Å². The highest BCUT2D eigenvalue weighted by Crippen LogP contribution is 2.83. The van der Waals surface area contributed by atoms with Gasteiger partial charge in [-0.3, -0.25) is 0 Å². The average Bonchev–Trinajstić information content (AvgIpc) is 2.88. The first-order valence-corrected chi connectivity index (χ1v) is 5.04. The summed E-state index contributed by atoms with van der Waals surface area (Å²) in [5.41, 5.74) is 0.174. The molecule has 2 nitrogen and oxygen atoms in total. The van der Waals surface area contributed by atoms with Crippen molar-refractivity contribution in [2.24, 2.45) is 29.6 Å². The molecule has 2 unspecified atom stereocenters. The summed E-state index contributed by atoms with van der Waals surface area (Å²) >= 11 is 0. The van der Waals surface area contributed by atoms with Crippen LogP contribution in [0.25, 0.3) is 0 Å². The van der Waals surface area contributed by atoms with Gasteiger partial charge < -0.3 is 9.84 Å². The smallest absolute Gasteiger partial charge is 0.0801 e. The maximum atomic E-state index is 9.83. The summed E-state index contributed by atoms with van der Waals surface area (Å²) in [5.74, 6) is 3.87. The minimum atomic E-state index is -0.0382. The molecular formula is C10H14O2. The molecule has 7 atom stereocenters. The standard InChI is InChI=1S/C10H14O2/c1-12-10-6-3-7(11)9(10)5-2-4(5)8(6)10/h4-9,11H,2-3H2,1H3/t4-,5+,6?,7+,8?,9+,10-/m1/s1. The van der Waals surface area contributed by atoms with Crippen LogP contribution in [-0.4, -0.2) is 23.9 Å². The van der Waals surface area contributed by atoms with E-state index in [0.717, 1.165) is 30.1 Å². The summed E-state index contributed by atoms with van der Waals surface area (Å²) in [4.78, 5) is 0. The lowest BCUT2D eigenvalue weighted by molar-refractivity contribution is -0.0116. The van der Waals surface area contributed by atoms with Crippen molar-refractivity contribution in [2.75, 3.05) is 7.11 Å². The topological polar surface area (TPSA) is 29.5 Å². The minimum Gasteiger partial charge on any atom is -0.393 e. The predicted molar refractivity (Wildman–Crippen MR) is 42.4 cm³/mol. The molecule has 66 valence electrons. The number of aliphatic hydroxyl groups excluding tert-OH is 1. The first-order chi connectivity index (χ1) is 5.80. The fraction of sp³-hybridized carbons (Fsp3) is 1.00. The molecule has 1 N–H and O–H groups in total. The Hall–Kier alpha value is -0.0800. The molecule has 2 heteroatoms. The van der Waals surface area contributed by atoms with Crippen LogP contribution in [0.5, 0.6) is 0 Å². The molecule has 0 spiro atoms. The number of hydrogen-bond acceptors (Lipinski definition) is 2. The van der Waals surface area contributed by atoms with E-state index < -0.39 is 0 Å². The highest BCUT2D eigenvalue weighted by Gasteiger charge is 2.87. The van der Waals surface area contributed by atoms with Crippen molar-refractivity contribution < 1.29 is 9.84 Å². The average molecular weight is 166 g/mol. The first-order valence-electron chi connectivity index (χ1n) is 5.04. The van der Waals surface area contributed by atoms with Gasteiger partial charge in [0.05, 0.1) is 11.7 Å². The zero-order chi connectivity index (χ0) is 8.09. The SMILES string of the molecule is CO[C@@]12C3C[C@H](O)[C@@H]1[C@H]1C[C@H]1C32. The minimum absolute atomic E-state index is 0.0382. The van der Waals surface area contributed by atoms with Gasteiger partial charge in [-0.25, -0.2) is 0 Å². The van der Waals surface area contributed by atoms with Crippen molar-refractivity contribution in [1.29, 1.82) is 0 Å². The highest BCUT2D eigenvalue weighted by atomic mass is 16.5. The summed E-state index contributed by atoms with van der Waals surface area (Å²) in [6.07, 6.45) is 2.37. The molecule has 4 rings (SSSR count). The van der Waals surface area contributed by atoms with E-state index in [1.807, 2.05) is 7.11 Å². The third-order valence-corrected chi connectivity index (χ3v) is 5.02. The molecule has 0 aromatic rings. The number of rotatable bonds is 1. The second-order valence-electron chi connectivity index (χ2n) is 5.08. The van der Waals surface area contributed by atoms with E-state index in [-0.39, 0.29) is 11.7 Å². The van der Waals surface area contributed by atoms with Crippen LogP contribution in [0, 0.1) is 29.6 Å². The van der Waals surface area contributed by atoms with Gasteiger partial charge in [0.1, 0.15) is 0 Å².